The zero-order chi connectivity index (χ0) is 21.5. The Balaban J connectivity index is 2.04. The summed E-state index contributed by atoms with van der Waals surface area (Å²) in [6.07, 6.45) is 5.47. The zero-order valence-corrected chi connectivity index (χ0v) is 17.8. The highest BCUT2D eigenvalue weighted by atomic mass is 16.5. The van der Waals surface area contributed by atoms with Crippen molar-refractivity contribution in [3.63, 3.8) is 0 Å². The summed E-state index contributed by atoms with van der Waals surface area (Å²) in [5.74, 6) is 0. The number of aryl methyl sites for hydroxylation is 1. The fraction of sp³-hybridized carbons (Fsp3) is 0.115. The molecule has 0 aliphatic rings. The van der Waals surface area contributed by atoms with Gasteiger partial charge in [0.1, 0.15) is 0 Å². The van der Waals surface area contributed by atoms with E-state index in [1.165, 1.54) is 5.56 Å². The molecule has 4 aromatic rings. The van der Waals surface area contributed by atoms with E-state index in [0.717, 1.165) is 33.5 Å². The molecule has 0 fully saturated rings. The summed E-state index contributed by atoms with van der Waals surface area (Å²) in [5.41, 5.74) is 7.16. The first-order valence-corrected chi connectivity index (χ1v) is 10.3. The lowest BCUT2D eigenvalue weighted by Gasteiger charge is -2.22. The number of methoxy groups -OCH3 is 1. The van der Waals surface area contributed by atoms with Crippen LogP contribution in [-0.4, -0.2) is 35.4 Å². The highest BCUT2D eigenvalue weighted by molar-refractivity contribution is 6.99. The number of nitrogens with zero attached hydrogens (tertiary/aromatic N) is 3. The Morgan fingerprint density at radius 2 is 1.32 bits per heavy atom. The summed E-state index contributed by atoms with van der Waals surface area (Å²) in [6, 6.07) is 26.5. The molecule has 0 unspecified atom stereocenters. The quantitative estimate of drug-likeness (QED) is 0.441. The molecule has 0 atom stereocenters. The van der Waals surface area contributed by atoms with Crippen LogP contribution in [0.15, 0.2) is 97.5 Å². The smallest absolute Gasteiger partial charge is 0.290 e. The van der Waals surface area contributed by atoms with Crippen molar-refractivity contribution in [2.24, 2.45) is 0 Å². The average Bonchev–Trinajstić information content (AvgIpc) is 2.84. The van der Waals surface area contributed by atoms with Crippen LogP contribution in [0.4, 0.5) is 0 Å². The lowest BCUT2D eigenvalue weighted by molar-refractivity contribution is 0.240. The van der Waals surface area contributed by atoms with E-state index in [9.17, 15) is 0 Å². The zero-order valence-electron chi connectivity index (χ0n) is 17.8. The minimum Gasteiger partial charge on any atom is -0.380 e. The number of hydrogen-bond donors (Lipinski definition) is 0. The van der Waals surface area contributed by atoms with Crippen LogP contribution in [0.1, 0.15) is 16.8 Å². The lowest BCUT2D eigenvalue weighted by Crippen LogP contribution is -2.47. The Morgan fingerprint density at radius 3 is 1.81 bits per heavy atom. The molecule has 0 aliphatic heterocycles. The first kappa shape index (κ1) is 20.7. The van der Waals surface area contributed by atoms with E-state index in [0.29, 0.717) is 6.61 Å². The average molecular weight is 405 g/mol. The van der Waals surface area contributed by atoms with Crippen molar-refractivity contribution in [2.75, 3.05) is 13.7 Å². The SMILES string of the molecule is COC/C(=C(\B(c1ccccn1)c1ccccn1)c1ccccn1)c1ccc(C)cc1. The third-order valence-electron chi connectivity index (χ3n) is 5.21. The van der Waals surface area contributed by atoms with Crippen LogP contribution in [0.3, 0.4) is 0 Å². The Morgan fingerprint density at radius 1 is 0.742 bits per heavy atom. The Bertz CT molecular complexity index is 1090. The molecule has 3 aromatic heterocycles. The maximum atomic E-state index is 5.69. The van der Waals surface area contributed by atoms with Crippen molar-refractivity contribution in [2.45, 2.75) is 6.92 Å². The maximum Gasteiger partial charge on any atom is 0.290 e. The molecular weight excluding hydrogens is 381 g/mol. The van der Waals surface area contributed by atoms with Gasteiger partial charge in [-0.3, -0.25) is 15.0 Å². The summed E-state index contributed by atoms with van der Waals surface area (Å²) < 4.78 is 5.69. The van der Waals surface area contributed by atoms with Crippen LogP contribution in [0, 0.1) is 6.92 Å². The van der Waals surface area contributed by atoms with Gasteiger partial charge in [-0.1, -0.05) is 48.0 Å². The van der Waals surface area contributed by atoms with Gasteiger partial charge < -0.3 is 4.74 Å². The Labute approximate surface area is 183 Å². The molecular formula is C26H24BN3O. The fourth-order valence-electron chi connectivity index (χ4n) is 3.76. The normalized spacial score (nSPS) is 11.7. The molecule has 0 amide bonds. The molecule has 31 heavy (non-hydrogen) atoms. The van der Waals surface area contributed by atoms with Crippen molar-refractivity contribution < 1.29 is 4.74 Å². The molecule has 0 aliphatic carbocycles. The predicted molar refractivity (Wildman–Crippen MR) is 128 cm³/mol. The first-order chi connectivity index (χ1) is 15.3. The molecule has 5 heteroatoms. The molecule has 3 heterocycles. The Kier molecular flexibility index (Phi) is 6.65. The number of ether oxygens (including phenoxy) is 1. The van der Waals surface area contributed by atoms with Gasteiger partial charge >= 0.3 is 0 Å². The van der Waals surface area contributed by atoms with Gasteiger partial charge in [0.15, 0.2) is 0 Å². The summed E-state index contributed by atoms with van der Waals surface area (Å²) >= 11 is 0. The third kappa shape index (κ3) is 4.78. The minimum atomic E-state index is -0.191. The van der Waals surface area contributed by atoms with Crippen molar-refractivity contribution in [1.29, 1.82) is 0 Å². The van der Waals surface area contributed by atoms with E-state index >= 15 is 0 Å². The van der Waals surface area contributed by atoms with E-state index in [-0.39, 0.29) is 6.71 Å². The predicted octanol–water partition coefficient (Wildman–Crippen LogP) is 3.59. The largest absolute Gasteiger partial charge is 0.380 e. The maximum absolute atomic E-state index is 5.69. The fourth-order valence-corrected chi connectivity index (χ4v) is 3.76. The number of rotatable bonds is 7. The van der Waals surface area contributed by atoms with E-state index in [2.05, 4.69) is 31.2 Å². The number of hydrogen-bond acceptors (Lipinski definition) is 4. The molecule has 0 bridgehead atoms. The Hall–Kier alpha value is -3.57. The van der Waals surface area contributed by atoms with Gasteiger partial charge in [0.2, 0.25) is 0 Å². The van der Waals surface area contributed by atoms with Gasteiger partial charge in [-0.25, -0.2) is 0 Å². The van der Waals surface area contributed by atoms with Crippen molar-refractivity contribution in [1.82, 2.24) is 15.0 Å². The first-order valence-electron chi connectivity index (χ1n) is 10.3. The van der Waals surface area contributed by atoms with E-state index < -0.39 is 0 Å². The molecule has 0 saturated heterocycles. The highest BCUT2D eigenvalue weighted by Crippen LogP contribution is 2.28. The van der Waals surface area contributed by atoms with E-state index in [1.54, 1.807) is 7.11 Å². The van der Waals surface area contributed by atoms with Crippen LogP contribution >= 0.6 is 0 Å². The lowest BCUT2D eigenvalue weighted by atomic mass is 9.38. The molecule has 4 nitrogen and oxygen atoms in total. The van der Waals surface area contributed by atoms with E-state index in [4.69, 9.17) is 19.7 Å². The summed E-state index contributed by atoms with van der Waals surface area (Å²) in [7, 11) is 1.72. The molecule has 0 spiro atoms. The topological polar surface area (TPSA) is 47.9 Å². The van der Waals surface area contributed by atoms with Gasteiger partial charge in [0.25, 0.3) is 6.71 Å². The molecule has 0 saturated carbocycles. The standard InChI is InChI=1S/C26H24BN3O/c1-20-12-14-21(15-13-20)22(19-31-2)26(23-9-3-6-16-28-23)27(24-10-4-7-17-29-24)25-11-5-8-18-30-25/h3-18H,19H2,1-2H3/b26-22+. The second-order valence-electron chi connectivity index (χ2n) is 7.35. The van der Waals surface area contributed by atoms with Crippen LogP contribution in [0.5, 0.6) is 0 Å². The van der Waals surface area contributed by atoms with E-state index in [1.807, 2.05) is 73.2 Å². The third-order valence-corrected chi connectivity index (χ3v) is 5.21. The van der Waals surface area contributed by atoms with Gasteiger partial charge in [-0.2, -0.15) is 0 Å². The summed E-state index contributed by atoms with van der Waals surface area (Å²) in [4.78, 5) is 14.1. The molecule has 152 valence electrons. The molecule has 1 aromatic carbocycles. The van der Waals surface area contributed by atoms with Gasteiger partial charge in [0, 0.05) is 36.9 Å². The summed E-state index contributed by atoms with van der Waals surface area (Å²) in [5, 5.41) is 0. The second kappa shape index (κ2) is 9.96. The number of aromatic nitrogens is 3. The van der Waals surface area contributed by atoms with Gasteiger partial charge in [-0.05, 0) is 59.9 Å². The summed E-state index contributed by atoms with van der Waals surface area (Å²) in [6.45, 7) is 2.35. The van der Waals surface area contributed by atoms with Crippen molar-refractivity contribution >= 4 is 28.9 Å². The van der Waals surface area contributed by atoms with Gasteiger partial charge in [-0.15, -0.1) is 0 Å². The highest BCUT2D eigenvalue weighted by Gasteiger charge is 2.31. The second-order valence-corrected chi connectivity index (χ2v) is 7.35. The molecule has 0 N–H and O–H groups in total. The van der Waals surface area contributed by atoms with Crippen molar-refractivity contribution in [3.8, 4) is 0 Å². The van der Waals surface area contributed by atoms with Crippen LogP contribution in [0.2, 0.25) is 0 Å². The number of benzene rings is 1. The molecule has 0 radical (unpaired) electrons. The van der Waals surface area contributed by atoms with Crippen LogP contribution in [-0.2, 0) is 4.74 Å². The van der Waals surface area contributed by atoms with Gasteiger partial charge in [0.05, 0.1) is 12.3 Å². The monoisotopic (exact) mass is 405 g/mol. The van der Waals surface area contributed by atoms with Crippen LogP contribution < -0.4 is 11.2 Å². The van der Waals surface area contributed by atoms with Crippen LogP contribution in [0.25, 0.3) is 11.0 Å². The van der Waals surface area contributed by atoms with Crippen molar-refractivity contribution in [3.05, 3.63) is 114 Å². The number of pyridine rings is 3. The molecule has 4 rings (SSSR count). The minimum absolute atomic E-state index is 0.191.